The van der Waals surface area contributed by atoms with E-state index in [2.05, 4.69) is 59.3 Å². The summed E-state index contributed by atoms with van der Waals surface area (Å²) < 4.78 is 2.15. The van der Waals surface area contributed by atoms with Crippen LogP contribution in [0.3, 0.4) is 0 Å². The maximum absolute atomic E-state index is 4.53. The second-order valence-electron chi connectivity index (χ2n) is 8.52. The Bertz CT molecular complexity index is 940. The predicted molar refractivity (Wildman–Crippen MR) is 125 cm³/mol. The van der Waals surface area contributed by atoms with Gasteiger partial charge in [-0.2, -0.15) is 0 Å². The molecule has 8 heteroatoms. The van der Waals surface area contributed by atoms with Crippen molar-refractivity contribution in [3.8, 4) is 5.13 Å². The maximum Gasteiger partial charge on any atom is 0.218 e. The highest BCUT2D eigenvalue weighted by atomic mass is 32.1. The Morgan fingerprint density at radius 1 is 0.935 bits per heavy atom. The summed E-state index contributed by atoms with van der Waals surface area (Å²) in [4.78, 5) is 9.29. The SMILES string of the molecule is c1cncc(CNCc2cccn2-c2nnc(N3CCN(C4CCCCC4)CC3)s2)c1. The van der Waals surface area contributed by atoms with Gasteiger partial charge in [0.05, 0.1) is 0 Å². The third-order valence-corrected chi connectivity index (χ3v) is 7.46. The van der Waals surface area contributed by atoms with Crippen LogP contribution in [0.15, 0.2) is 42.9 Å². The van der Waals surface area contributed by atoms with Crippen LogP contribution in [0.25, 0.3) is 5.13 Å². The van der Waals surface area contributed by atoms with Gasteiger partial charge in [-0.3, -0.25) is 14.5 Å². The quantitative estimate of drug-likeness (QED) is 0.611. The van der Waals surface area contributed by atoms with Gasteiger partial charge in [-0.05, 0) is 36.6 Å². The first-order chi connectivity index (χ1) is 15.4. The average Bonchev–Trinajstić information content (AvgIpc) is 3.50. The highest BCUT2D eigenvalue weighted by Gasteiger charge is 2.26. The van der Waals surface area contributed by atoms with E-state index in [0.717, 1.165) is 55.6 Å². The van der Waals surface area contributed by atoms with E-state index in [0.29, 0.717) is 0 Å². The van der Waals surface area contributed by atoms with Crippen molar-refractivity contribution in [1.29, 1.82) is 0 Å². The summed E-state index contributed by atoms with van der Waals surface area (Å²) in [5.74, 6) is 0. The Balaban J connectivity index is 1.17. The van der Waals surface area contributed by atoms with Crippen molar-refractivity contribution in [2.24, 2.45) is 0 Å². The van der Waals surface area contributed by atoms with E-state index in [1.165, 1.54) is 43.4 Å². The van der Waals surface area contributed by atoms with E-state index in [4.69, 9.17) is 0 Å². The molecule has 0 radical (unpaired) electrons. The van der Waals surface area contributed by atoms with E-state index in [-0.39, 0.29) is 0 Å². The van der Waals surface area contributed by atoms with Crippen LogP contribution in [-0.2, 0) is 13.1 Å². The fraction of sp³-hybridized carbons (Fsp3) is 0.522. The Morgan fingerprint density at radius 2 is 1.77 bits per heavy atom. The molecule has 3 aromatic rings. The molecule has 1 aliphatic carbocycles. The molecule has 0 aromatic carbocycles. The van der Waals surface area contributed by atoms with Gasteiger partial charge < -0.3 is 10.2 Å². The number of hydrogen-bond donors (Lipinski definition) is 1. The van der Waals surface area contributed by atoms with Crippen LogP contribution in [0.1, 0.15) is 43.4 Å². The standard InChI is InChI=1S/C23H31N7S/c1-2-7-20(8-3-1)28-12-14-29(15-13-28)22-26-27-23(31-22)30-11-5-9-21(30)18-25-17-19-6-4-10-24-16-19/h4-6,9-11,16,20,25H,1-3,7-8,12-15,17-18H2. The number of hydrogen-bond acceptors (Lipinski definition) is 7. The Kier molecular flexibility index (Phi) is 6.57. The maximum atomic E-state index is 4.53. The number of piperazine rings is 1. The normalized spacial score (nSPS) is 18.5. The summed E-state index contributed by atoms with van der Waals surface area (Å²) in [6, 6.07) is 9.08. The van der Waals surface area contributed by atoms with Crippen molar-refractivity contribution in [2.45, 2.75) is 51.2 Å². The second-order valence-corrected chi connectivity index (χ2v) is 9.45. The van der Waals surface area contributed by atoms with Gasteiger partial charge >= 0.3 is 0 Å². The van der Waals surface area contributed by atoms with Crippen LogP contribution in [0.2, 0.25) is 0 Å². The lowest BCUT2D eigenvalue weighted by molar-refractivity contribution is 0.148. The molecule has 0 spiro atoms. The van der Waals surface area contributed by atoms with Gasteiger partial charge in [0.1, 0.15) is 0 Å². The highest BCUT2D eigenvalue weighted by Crippen LogP contribution is 2.28. The van der Waals surface area contributed by atoms with Crippen molar-refractivity contribution in [1.82, 2.24) is 30.0 Å². The van der Waals surface area contributed by atoms with E-state index >= 15 is 0 Å². The first-order valence-corrected chi connectivity index (χ1v) is 12.3. The topological polar surface area (TPSA) is 62.1 Å². The molecule has 0 bridgehead atoms. The fourth-order valence-electron chi connectivity index (χ4n) is 4.74. The summed E-state index contributed by atoms with van der Waals surface area (Å²) in [6.07, 6.45) is 12.8. The highest BCUT2D eigenvalue weighted by molar-refractivity contribution is 7.17. The first-order valence-electron chi connectivity index (χ1n) is 11.5. The van der Waals surface area contributed by atoms with Crippen molar-refractivity contribution < 1.29 is 0 Å². The molecule has 1 aliphatic heterocycles. The molecule has 164 valence electrons. The smallest absolute Gasteiger partial charge is 0.218 e. The van der Waals surface area contributed by atoms with Crippen LogP contribution in [0.5, 0.6) is 0 Å². The van der Waals surface area contributed by atoms with Gasteiger partial charge in [0, 0.05) is 69.6 Å². The lowest BCUT2D eigenvalue weighted by Gasteiger charge is -2.40. The van der Waals surface area contributed by atoms with Gasteiger partial charge in [0.2, 0.25) is 10.3 Å². The van der Waals surface area contributed by atoms with E-state index < -0.39 is 0 Å². The lowest BCUT2D eigenvalue weighted by Crippen LogP contribution is -2.50. The summed E-state index contributed by atoms with van der Waals surface area (Å²) >= 11 is 1.69. The van der Waals surface area contributed by atoms with Crippen molar-refractivity contribution >= 4 is 16.5 Å². The molecule has 0 unspecified atom stereocenters. The van der Waals surface area contributed by atoms with Gasteiger partial charge in [0.25, 0.3) is 0 Å². The molecule has 1 saturated carbocycles. The van der Waals surface area contributed by atoms with Gasteiger partial charge in [-0.25, -0.2) is 0 Å². The molecule has 0 atom stereocenters. The minimum Gasteiger partial charge on any atom is -0.344 e. The van der Waals surface area contributed by atoms with Gasteiger partial charge in [-0.15, -0.1) is 10.2 Å². The minimum atomic E-state index is 0.775. The molecule has 4 heterocycles. The molecule has 7 nitrogen and oxygen atoms in total. The molecule has 3 aromatic heterocycles. The molecule has 31 heavy (non-hydrogen) atoms. The van der Waals surface area contributed by atoms with Crippen LogP contribution < -0.4 is 10.2 Å². The van der Waals surface area contributed by atoms with Crippen molar-refractivity contribution in [3.63, 3.8) is 0 Å². The average molecular weight is 438 g/mol. The van der Waals surface area contributed by atoms with E-state index in [9.17, 15) is 0 Å². The monoisotopic (exact) mass is 437 g/mol. The van der Waals surface area contributed by atoms with Gasteiger partial charge in [-0.1, -0.05) is 36.7 Å². The zero-order valence-electron chi connectivity index (χ0n) is 18.0. The zero-order chi connectivity index (χ0) is 20.9. The predicted octanol–water partition coefficient (Wildman–Crippen LogP) is 3.47. The number of pyridine rings is 1. The molecular formula is C23H31N7S. The van der Waals surface area contributed by atoms with Crippen LogP contribution in [0.4, 0.5) is 5.13 Å². The zero-order valence-corrected chi connectivity index (χ0v) is 18.8. The number of aromatic nitrogens is 4. The summed E-state index contributed by atoms with van der Waals surface area (Å²) in [6.45, 7) is 5.97. The Labute approximate surface area is 188 Å². The van der Waals surface area contributed by atoms with Crippen molar-refractivity contribution in [3.05, 3.63) is 54.1 Å². The summed E-state index contributed by atoms with van der Waals surface area (Å²) in [5, 5.41) is 14.5. The minimum absolute atomic E-state index is 0.775. The third kappa shape index (κ3) is 4.97. The Hall–Kier alpha value is -2.29. The number of nitrogens with one attached hydrogen (secondary N) is 1. The molecular weight excluding hydrogens is 406 g/mol. The first kappa shape index (κ1) is 20.6. The van der Waals surface area contributed by atoms with E-state index in [1.54, 1.807) is 17.5 Å². The summed E-state index contributed by atoms with van der Waals surface area (Å²) in [5.41, 5.74) is 2.37. The molecule has 1 N–H and O–H groups in total. The molecule has 1 saturated heterocycles. The van der Waals surface area contributed by atoms with Crippen LogP contribution in [-0.4, -0.2) is 56.9 Å². The molecule has 5 rings (SSSR count). The largest absolute Gasteiger partial charge is 0.344 e. The van der Waals surface area contributed by atoms with Crippen LogP contribution in [0, 0.1) is 0 Å². The van der Waals surface area contributed by atoms with Gasteiger partial charge in [0.15, 0.2) is 0 Å². The third-order valence-electron chi connectivity index (χ3n) is 6.48. The van der Waals surface area contributed by atoms with E-state index in [1.807, 2.05) is 12.3 Å². The Morgan fingerprint density at radius 3 is 2.58 bits per heavy atom. The number of nitrogens with zero attached hydrogens (tertiary/aromatic N) is 6. The second kappa shape index (κ2) is 9.89. The molecule has 2 fully saturated rings. The summed E-state index contributed by atoms with van der Waals surface area (Å²) in [7, 11) is 0. The number of rotatable bonds is 7. The fourth-order valence-corrected chi connectivity index (χ4v) is 5.66. The molecule has 2 aliphatic rings. The molecule has 0 amide bonds. The van der Waals surface area contributed by atoms with Crippen molar-refractivity contribution in [2.75, 3.05) is 31.1 Å². The number of anilines is 1. The lowest BCUT2D eigenvalue weighted by atomic mass is 9.94. The van der Waals surface area contributed by atoms with Crippen LogP contribution >= 0.6 is 11.3 Å².